The fourth-order valence-electron chi connectivity index (χ4n) is 1.17. The summed E-state index contributed by atoms with van der Waals surface area (Å²) in [7, 11) is 0. The number of carboxylic acids is 1. The third kappa shape index (κ3) is 2.32. The summed E-state index contributed by atoms with van der Waals surface area (Å²) in [6.45, 7) is 1.28. The summed E-state index contributed by atoms with van der Waals surface area (Å²) < 4.78 is 0. The summed E-state index contributed by atoms with van der Waals surface area (Å²) in [5.41, 5.74) is 5.72. The Hall–Kier alpha value is -1.88. The van der Waals surface area contributed by atoms with Crippen molar-refractivity contribution in [3.8, 4) is 5.75 Å². The van der Waals surface area contributed by atoms with Gasteiger partial charge < -0.3 is 15.9 Å². The molecule has 0 saturated heterocycles. The fourth-order valence-corrected chi connectivity index (χ4v) is 1.17. The Labute approximate surface area is 86.1 Å². The van der Waals surface area contributed by atoms with Gasteiger partial charge in [0.25, 0.3) is 0 Å². The van der Waals surface area contributed by atoms with Crippen LogP contribution in [0.15, 0.2) is 18.2 Å². The first-order chi connectivity index (χ1) is 6.93. The molecule has 0 aromatic heterocycles. The number of benzene rings is 1. The van der Waals surface area contributed by atoms with Gasteiger partial charge >= 0.3 is 5.97 Å². The Morgan fingerprint density at radius 3 is 2.47 bits per heavy atom. The third-order valence-electron chi connectivity index (χ3n) is 2.03. The molecule has 4 N–H and O–H groups in total. The maximum absolute atomic E-state index is 11.1. The SMILES string of the molecule is CC(=O)c1cc(C(N)C(=O)O)ccc1O. The Morgan fingerprint density at radius 2 is 2.00 bits per heavy atom. The largest absolute Gasteiger partial charge is 0.507 e. The number of phenolic OH excluding ortho intramolecular Hbond substituents is 1. The van der Waals surface area contributed by atoms with Gasteiger partial charge in [-0.1, -0.05) is 6.07 Å². The van der Waals surface area contributed by atoms with E-state index in [9.17, 15) is 14.7 Å². The van der Waals surface area contributed by atoms with Crippen LogP contribution in [-0.4, -0.2) is 22.0 Å². The summed E-state index contributed by atoms with van der Waals surface area (Å²) in [6.07, 6.45) is 0. The molecule has 0 heterocycles. The number of aromatic hydroxyl groups is 1. The van der Waals surface area contributed by atoms with Gasteiger partial charge in [-0.15, -0.1) is 0 Å². The smallest absolute Gasteiger partial charge is 0.325 e. The molecular weight excluding hydrogens is 198 g/mol. The lowest BCUT2D eigenvalue weighted by molar-refractivity contribution is -0.138. The number of carbonyl (C=O) groups excluding carboxylic acids is 1. The molecular formula is C10H11NO4. The average molecular weight is 209 g/mol. The maximum atomic E-state index is 11.1. The van der Waals surface area contributed by atoms with Gasteiger partial charge in [-0.3, -0.25) is 9.59 Å². The van der Waals surface area contributed by atoms with E-state index in [2.05, 4.69) is 0 Å². The molecule has 1 unspecified atom stereocenters. The van der Waals surface area contributed by atoms with Crippen LogP contribution in [0.3, 0.4) is 0 Å². The normalized spacial score (nSPS) is 12.1. The van der Waals surface area contributed by atoms with Crippen LogP contribution in [0.25, 0.3) is 0 Å². The third-order valence-corrected chi connectivity index (χ3v) is 2.03. The van der Waals surface area contributed by atoms with Crippen LogP contribution in [0.2, 0.25) is 0 Å². The molecule has 0 bridgehead atoms. The lowest BCUT2D eigenvalue weighted by Crippen LogP contribution is -2.20. The van der Waals surface area contributed by atoms with E-state index in [0.717, 1.165) is 0 Å². The highest BCUT2D eigenvalue weighted by molar-refractivity contribution is 5.97. The van der Waals surface area contributed by atoms with Gasteiger partial charge in [-0.2, -0.15) is 0 Å². The lowest BCUT2D eigenvalue weighted by atomic mass is 10.0. The van der Waals surface area contributed by atoms with Crippen LogP contribution in [0.5, 0.6) is 5.75 Å². The van der Waals surface area contributed by atoms with Crippen molar-refractivity contribution in [2.45, 2.75) is 13.0 Å². The van der Waals surface area contributed by atoms with E-state index in [0.29, 0.717) is 0 Å². The summed E-state index contributed by atoms with van der Waals surface area (Å²) in [4.78, 5) is 21.7. The highest BCUT2D eigenvalue weighted by Crippen LogP contribution is 2.22. The van der Waals surface area contributed by atoms with E-state index in [-0.39, 0.29) is 22.7 Å². The highest BCUT2D eigenvalue weighted by Gasteiger charge is 2.16. The second-order valence-corrected chi connectivity index (χ2v) is 3.15. The second kappa shape index (κ2) is 4.10. The molecule has 1 atom stereocenters. The summed E-state index contributed by atoms with van der Waals surface area (Å²) in [5, 5.41) is 18.0. The number of phenols is 1. The minimum absolute atomic E-state index is 0.0733. The molecule has 0 amide bonds. The van der Waals surface area contributed by atoms with Gasteiger partial charge in [0.05, 0.1) is 5.56 Å². The standard InChI is InChI=1S/C10H11NO4/c1-5(12)7-4-6(2-3-8(7)13)9(11)10(14)15/h2-4,9,13H,11H2,1H3,(H,14,15). The predicted molar refractivity (Wildman–Crippen MR) is 52.7 cm³/mol. The number of aliphatic carboxylic acids is 1. The molecule has 80 valence electrons. The van der Waals surface area contributed by atoms with Gasteiger partial charge in [-0.25, -0.2) is 0 Å². The molecule has 15 heavy (non-hydrogen) atoms. The minimum atomic E-state index is -1.19. The zero-order valence-corrected chi connectivity index (χ0v) is 8.10. The van der Waals surface area contributed by atoms with Gasteiger partial charge in [0.2, 0.25) is 0 Å². The van der Waals surface area contributed by atoms with Gasteiger partial charge in [0, 0.05) is 0 Å². The molecule has 0 fully saturated rings. The van der Waals surface area contributed by atoms with E-state index < -0.39 is 12.0 Å². The molecule has 0 spiro atoms. The van der Waals surface area contributed by atoms with Gasteiger partial charge in [0.1, 0.15) is 11.8 Å². The number of carbonyl (C=O) groups is 2. The van der Waals surface area contributed by atoms with Crippen LogP contribution in [-0.2, 0) is 4.79 Å². The van der Waals surface area contributed by atoms with Crippen molar-refractivity contribution in [3.63, 3.8) is 0 Å². The quantitative estimate of drug-likeness (QED) is 0.635. The number of carboxylic acid groups (broad SMARTS) is 1. The number of rotatable bonds is 3. The van der Waals surface area contributed by atoms with Gasteiger partial charge in [0.15, 0.2) is 5.78 Å². The summed E-state index contributed by atoms with van der Waals surface area (Å²) >= 11 is 0. The van der Waals surface area contributed by atoms with Crippen LogP contribution in [0.4, 0.5) is 0 Å². The zero-order chi connectivity index (χ0) is 11.6. The molecule has 1 aromatic rings. The summed E-state index contributed by atoms with van der Waals surface area (Å²) in [6, 6.07) is 2.73. The molecule has 0 aliphatic heterocycles. The molecule has 0 saturated carbocycles. The van der Waals surface area contributed by atoms with E-state index >= 15 is 0 Å². The van der Waals surface area contributed by atoms with Crippen LogP contribution in [0.1, 0.15) is 28.9 Å². The molecule has 1 rings (SSSR count). The van der Waals surface area contributed by atoms with Crippen molar-refractivity contribution in [3.05, 3.63) is 29.3 Å². The maximum Gasteiger partial charge on any atom is 0.325 e. The predicted octanol–water partition coefficient (Wildman–Crippen LogP) is 0.679. The molecule has 5 nitrogen and oxygen atoms in total. The first-order valence-electron chi connectivity index (χ1n) is 4.25. The minimum Gasteiger partial charge on any atom is -0.507 e. The van der Waals surface area contributed by atoms with Crippen LogP contribution in [0, 0.1) is 0 Å². The van der Waals surface area contributed by atoms with Crippen molar-refractivity contribution in [1.29, 1.82) is 0 Å². The topological polar surface area (TPSA) is 101 Å². The summed E-state index contributed by atoms with van der Waals surface area (Å²) in [5.74, 6) is -1.70. The van der Waals surface area contributed by atoms with E-state index in [1.54, 1.807) is 0 Å². The van der Waals surface area contributed by atoms with Crippen molar-refractivity contribution in [2.24, 2.45) is 5.73 Å². The van der Waals surface area contributed by atoms with Crippen molar-refractivity contribution in [1.82, 2.24) is 0 Å². The number of nitrogens with two attached hydrogens (primary N) is 1. The fraction of sp³-hybridized carbons (Fsp3) is 0.200. The Morgan fingerprint density at radius 1 is 1.40 bits per heavy atom. The Kier molecular flexibility index (Phi) is 3.06. The van der Waals surface area contributed by atoms with E-state index in [4.69, 9.17) is 10.8 Å². The van der Waals surface area contributed by atoms with Crippen molar-refractivity contribution in [2.75, 3.05) is 0 Å². The van der Waals surface area contributed by atoms with Crippen molar-refractivity contribution >= 4 is 11.8 Å². The highest BCUT2D eigenvalue weighted by atomic mass is 16.4. The Balaban J connectivity index is 3.18. The first kappa shape index (κ1) is 11.2. The molecule has 5 heteroatoms. The lowest BCUT2D eigenvalue weighted by Gasteiger charge is -2.08. The van der Waals surface area contributed by atoms with Crippen LogP contribution < -0.4 is 5.73 Å². The Bertz CT molecular complexity index is 414. The zero-order valence-electron chi connectivity index (χ0n) is 8.10. The second-order valence-electron chi connectivity index (χ2n) is 3.15. The first-order valence-corrected chi connectivity index (χ1v) is 4.25. The monoisotopic (exact) mass is 209 g/mol. The molecule has 1 aromatic carbocycles. The van der Waals surface area contributed by atoms with E-state index in [1.165, 1.54) is 25.1 Å². The average Bonchev–Trinajstić information content (AvgIpc) is 2.16. The molecule has 0 aliphatic carbocycles. The molecule has 0 radical (unpaired) electrons. The number of ketones is 1. The molecule has 0 aliphatic rings. The number of hydrogen-bond donors (Lipinski definition) is 3. The van der Waals surface area contributed by atoms with Crippen molar-refractivity contribution < 1.29 is 19.8 Å². The number of Topliss-reactive ketones (excluding diaryl/α,β-unsaturated/α-hetero) is 1. The van der Waals surface area contributed by atoms with Gasteiger partial charge in [-0.05, 0) is 24.6 Å². The van der Waals surface area contributed by atoms with E-state index in [1.807, 2.05) is 0 Å². The number of hydrogen-bond acceptors (Lipinski definition) is 4. The van der Waals surface area contributed by atoms with Crippen LogP contribution >= 0.6 is 0 Å².